The third-order valence-corrected chi connectivity index (χ3v) is 2.09. The number of non-ortho nitro benzene ring substituents is 1. The second-order valence-corrected chi connectivity index (χ2v) is 3.50. The number of hydrogen-bond donors (Lipinski definition) is 1. The Kier molecular flexibility index (Phi) is 3.04. The highest BCUT2D eigenvalue weighted by Crippen LogP contribution is 2.32. The van der Waals surface area contributed by atoms with Gasteiger partial charge in [0.05, 0.1) is 11.0 Å². The fraction of sp³-hybridized carbons (Fsp3) is 0.300. The highest BCUT2D eigenvalue weighted by molar-refractivity contribution is 5.80. The number of benzene rings is 1. The number of nitro benzene ring substituents is 1. The predicted molar refractivity (Wildman–Crippen MR) is 54.2 cm³/mol. The standard InChI is InChI=1S/C10H11NO4/c1-6(2)10-7(5-12)3-8(11(14)15)4-9(10)13/h3-6,13H,1-2H3. The Morgan fingerprint density at radius 2 is 2.07 bits per heavy atom. The largest absolute Gasteiger partial charge is 0.507 e. The quantitative estimate of drug-likeness (QED) is 0.470. The lowest BCUT2D eigenvalue weighted by Crippen LogP contribution is -1.98. The van der Waals surface area contributed by atoms with Gasteiger partial charge in [-0.1, -0.05) is 13.8 Å². The van der Waals surface area contributed by atoms with Gasteiger partial charge < -0.3 is 5.11 Å². The van der Waals surface area contributed by atoms with Crippen LogP contribution in [0.15, 0.2) is 12.1 Å². The molecule has 5 heteroatoms. The summed E-state index contributed by atoms with van der Waals surface area (Å²) in [5.41, 5.74) is 0.325. The summed E-state index contributed by atoms with van der Waals surface area (Å²) < 4.78 is 0. The van der Waals surface area contributed by atoms with Crippen molar-refractivity contribution in [2.75, 3.05) is 0 Å². The molecule has 80 valence electrons. The molecule has 0 bridgehead atoms. The number of carbonyl (C=O) groups is 1. The van der Waals surface area contributed by atoms with Gasteiger partial charge in [0, 0.05) is 17.2 Å². The first kappa shape index (κ1) is 11.2. The second kappa shape index (κ2) is 4.08. The third kappa shape index (κ3) is 2.12. The van der Waals surface area contributed by atoms with Gasteiger partial charge in [-0.3, -0.25) is 14.9 Å². The van der Waals surface area contributed by atoms with Crippen molar-refractivity contribution in [2.45, 2.75) is 19.8 Å². The number of carbonyl (C=O) groups excluding carboxylic acids is 1. The smallest absolute Gasteiger partial charge is 0.273 e. The fourth-order valence-electron chi connectivity index (χ4n) is 1.48. The SMILES string of the molecule is CC(C)c1c(O)cc([N+](=O)[O-])cc1C=O. The highest BCUT2D eigenvalue weighted by Gasteiger charge is 2.17. The maximum Gasteiger partial charge on any atom is 0.273 e. The summed E-state index contributed by atoms with van der Waals surface area (Å²) in [6.07, 6.45) is 0.516. The molecule has 5 nitrogen and oxygen atoms in total. The zero-order valence-electron chi connectivity index (χ0n) is 8.43. The number of hydrogen-bond acceptors (Lipinski definition) is 4. The molecule has 0 aliphatic rings. The van der Waals surface area contributed by atoms with Crippen molar-refractivity contribution in [2.24, 2.45) is 0 Å². The first-order valence-electron chi connectivity index (χ1n) is 4.43. The van der Waals surface area contributed by atoms with Gasteiger partial charge in [0.2, 0.25) is 0 Å². The van der Waals surface area contributed by atoms with Gasteiger partial charge in [-0.25, -0.2) is 0 Å². The van der Waals surface area contributed by atoms with Gasteiger partial charge >= 0.3 is 0 Å². The summed E-state index contributed by atoms with van der Waals surface area (Å²) in [5, 5.41) is 20.0. The molecule has 0 saturated carbocycles. The van der Waals surface area contributed by atoms with Gasteiger partial charge in [0.25, 0.3) is 5.69 Å². The summed E-state index contributed by atoms with van der Waals surface area (Å²) in [6, 6.07) is 2.23. The molecule has 0 amide bonds. The summed E-state index contributed by atoms with van der Waals surface area (Å²) in [5.74, 6) is -0.271. The minimum absolute atomic E-state index is 0.0639. The van der Waals surface area contributed by atoms with E-state index in [0.717, 1.165) is 6.07 Å². The van der Waals surface area contributed by atoms with Crippen LogP contribution in [0, 0.1) is 10.1 Å². The molecule has 0 unspecified atom stereocenters. The van der Waals surface area contributed by atoms with Gasteiger partial charge in [-0.05, 0) is 5.92 Å². The van der Waals surface area contributed by atoms with E-state index in [9.17, 15) is 20.0 Å². The van der Waals surface area contributed by atoms with E-state index in [0.29, 0.717) is 11.8 Å². The molecule has 0 aliphatic heterocycles. The monoisotopic (exact) mass is 209 g/mol. The normalized spacial score (nSPS) is 10.3. The molecule has 0 radical (unpaired) electrons. The Morgan fingerprint density at radius 3 is 2.47 bits per heavy atom. The van der Waals surface area contributed by atoms with E-state index in [1.165, 1.54) is 6.07 Å². The minimum Gasteiger partial charge on any atom is -0.507 e. The number of phenols is 1. The van der Waals surface area contributed by atoms with E-state index in [2.05, 4.69) is 0 Å². The summed E-state index contributed by atoms with van der Waals surface area (Å²) in [6.45, 7) is 3.60. The first-order chi connectivity index (χ1) is 6.97. The lowest BCUT2D eigenvalue weighted by Gasteiger charge is -2.10. The van der Waals surface area contributed by atoms with Crippen molar-refractivity contribution in [3.05, 3.63) is 33.4 Å². The molecule has 15 heavy (non-hydrogen) atoms. The summed E-state index contributed by atoms with van der Waals surface area (Å²) in [4.78, 5) is 20.6. The maximum atomic E-state index is 10.7. The molecule has 0 aliphatic carbocycles. The molecule has 0 atom stereocenters. The van der Waals surface area contributed by atoms with Crippen molar-refractivity contribution in [1.29, 1.82) is 0 Å². The van der Waals surface area contributed by atoms with Crippen LogP contribution in [0.25, 0.3) is 0 Å². The van der Waals surface area contributed by atoms with E-state index in [4.69, 9.17) is 0 Å². The lowest BCUT2D eigenvalue weighted by molar-refractivity contribution is -0.385. The average molecular weight is 209 g/mol. The van der Waals surface area contributed by atoms with Crippen LogP contribution >= 0.6 is 0 Å². The summed E-state index contributed by atoms with van der Waals surface area (Å²) >= 11 is 0. The Balaban J connectivity index is 3.43. The number of aldehydes is 1. The average Bonchev–Trinajstić information content (AvgIpc) is 2.15. The number of phenolic OH excluding ortho intramolecular Hbond substituents is 1. The van der Waals surface area contributed by atoms with Crippen LogP contribution < -0.4 is 0 Å². The molecule has 1 rings (SSSR count). The molecule has 0 spiro atoms. The van der Waals surface area contributed by atoms with Gasteiger partial charge in [0.15, 0.2) is 6.29 Å². The predicted octanol–water partition coefficient (Wildman–Crippen LogP) is 2.24. The molecule has 0 heterocycles. The van der Waals surface area contributed by atoms with Crippen LogP contribution in [-0.4, -0.2) is 16.3 Å². The van der Waals surface area contributed by atoms with E-state index in [1.54, 1.807) is 13.8 Å². The Bertz CT molecular complexity index is 412. The first-order valence-corrected chi connectivity index (χ1v) is 4.43. The number of aromatic hydroxyl groups is 1. The van der Waals surface area contributed by atoms with Crippen LogP contribution in [0.2, 0.25) is 0 Å². The maximum absolute atomic E-state index is 10.7. The fourth-order valence-corrected chi connectivity index (χ4v) is 1.48. The Labute approximate surface area is 86.5 Å². The molecule has 0 fully saturated rings. The highest BCUT2D eigenvalue weighted by atomic mass is 16.6. The van der Waals surface area contributed by atoms with Crippen molar-refractivity contribution in [1.82, 2.24) is 0 Å². The van der Waals surface area contributed by atoms with Crippen LogP contribution in [0.1, 0.15) is 35.7 Å². The van der Waals surface area contributed by atoms with E-state index >= 15 is 0 Å². The Hall–Kier alpha value is -1.91. The number of nitrogens with zero attached hydrogens (tertiary/aromatic N) is 1. The Morgan fingerprint density at radius 1 is 1.47 bits per heavy atom. The van der Waals surface area contributed by atoms with Crippen molar-refractivity contribution >= 4 is 12.0 Å². The second-order valence-electron chi connectivity index (χ2n) is 3.50. The van der Waals surface area contributed by atoms with Crippen LogP contribution in [0.5, 0.6) is 5.75 Å². The van der Waals surface area contributed by atoms with Gasteiger partial charge in [0.1, 0.15) is 5.75 Å². The van der Waals surface area contributed by atoms with Crippen LogP contribution in [0.3, 0.4) is 0 Å². The molecular formula is C10H11NO4. The van der Waals surface area contributed by atoms with Crippen molar-refractivity contribution < 1.29 is 14.8 Å². The van der Waals surface area contributed by atoms with Gasteiger partial charge in [-0.2, -0.15) is 0 Å². The number of nitro groups is 1. The van der Waals surface area contributed by atoms with Crippen LogP contribution in [0.4, 0.5) is 5.69 Å². The van der Waals surface area contributed by atoms with Crippen molar-refractivity contribution in [3.63, 3.8) is 0 Å². The summed E-state index contributed by atoms with van der Waals surface area (Å²) in [7, 11) is 0. The molecule has 0 aromatic heterocycles. The zero-order chi connectivity index (χ0) is 11.6. The molecule has 1 aromatic rings. The van der Waals surface area contributed by atoms with Crippen LogP contribution in [-0.2, 0) is 0 Å². The zero-order valence-corrected chi connectivity index (χ0v) is 8.43. The minimum atomic E-state index is -0.642. The van der Waals surface area contributed by atoms with E-state index in [-0.39, 0.29) is 22.9 Å². The van der Waals surface area contributed by atoms with Crippen molar-refractivity contribution in [3.8, 4) is 5.75 Å². The lowest BCUT2D eigenvalue weighted by atomic mass is 9.96. The van der Waals surface area contributed by atoms with Gasteiger partial charge in [-0.15, -0.1) is 0 Å². The molecule has 1 aromatic carbocycles. The third-order valence-electron chi connectivity index (χ3n) is 2.09. The van der Waals surface area contributed by atoms with E-state index < -0.39 is 4.92 Å². The van der Waals surface area contributed by atoms with E-state index in [1.807, 2.05) is 0 Å². The molecular weight excluding hydrogens is 198 g/mol. The topological polar surface area (TPSA) is 80.4 Å². The molecule has 0 saturated heterocycles. The number of rotatable bonds is 3. The molecule has 1 N–H and O–H groups in total.